The van der Waals surface area contributed by atoms with Gasteiger partial charge in [0.25, 0.3) is 0 Å². The van der Waals surface area contributed by atoms with Crippen molar-refractivity contribution in [2.45, 2.75) is 63.2 Å². The van der Waals surface area contributed by atoms with Gasteiger partial charge in [-0.05, 0) is 51.1 Å². The molecule has 4 rings (SSSR count). The number of benzene rings is 1. The molecule has 2 N–H and O–H groups in total. The van der Waals surface area contributed by atoms with Gasteiger partial charge in [0.2, 0.25) is 0 Å². The summed E-state index contributed by atoms with van der Waals surface area (Å²) in [6, 6.07) is 12.1. The van der Waals surface area contributed by atoms with Gasteiger partial charge in [-0.2, -0.15) is 0 Å². The fourth-order valence-electron chi connectivity index (χ4n) is 5.32. The zero-order chi connectivity index (χ0) is 20.2. The van der Waals surface area contributed by atoms with Crippen molar-refractivity contribution in [1.29, 1.82) is 0 Å². The smallest absolute Gasteiger partial charge is 0.321 e. The van der Waals surface area contributed by atoms with Crippen LogP contribution in [0.5, 0.6) is 0 Å². The first-order valence-electron chi connectivity index (χ1n) is 11.3. The predicted octanol–water partition coefficient (Wildman–Crippen LogP) is 2.85. The minimum atomic E-state index is 0.157. The Bertz CT molecular complexity index is 656. The van der Waals surface area contributed by atoms with E-state index in [1.165, 1.54) is 5.56 Å². The molecule has 0 spiro atoms. The van der Waals surface area contributed by atoms with Gasteiger partial charge in [0, 0.05) is 51.0 Å². The third-order valence-corrected chi connectivity index (χ3v) is 7.09. The van der Waals surface area contributed by atoms with E-state index in [1.807, 2.05) is 0 Å². The van der Waals surface area contributed by atoms with Crippen molar-refractivity contribution in [3.05, 3.63) is 35.9 Å². The SMILES string of the molecule is CC(CCN)N1CCC(N2C(=O)N(C3CCOCC3)C[C@H]2c2ccccc2)CC1. The molecule has 3 aliphatic rings. The number of urea groups is 1. The number of likely N-dealkylation sites (tertiary alicyclic amines) is 1. The van der Waals surface area contributed by atoms with Gasteiger partial charge in [0.1, 0.15) is 0 Å². The molecule has 3 aliphatic heterocycles. The van der Waals surface area contributed by atoms with Crippen LogP contribution in [0.2, 0.25) is 0 Å². The zero-order valence-electron chi connectivity index (χ0n) is 17.7. The highest BCUT2D eigenvalue weighted by atomic mass is 16.5. The van der Waals surface area contributed by atoms with E-state index in [4.69, 9.17) is 10.5 Å². The molecule has 1 aromatic rings. The van der Waals surface area contributed by atoms with Gasteiger partial charge >= 0.3 is 6.03 Å². The maximum atomic E-state index is 13.6. The summed E-state index contributed by atoms with van der Waals surface area (Å²) >= 11 is 0. The van der Waals surface area contributed by atoms with Gasteiger partial charge < -0.3 is 25.2 Å². The number of hydrogen-bond donors (Lipinski definition) is 1. The standard InChI is InChI=1S/C23H36N4O2/c1-18(7-12-24)25-13-8-21(9-14-25)27-22(19-5-3-2-4-6-19)17-26(23(27)28)20-10-15-29-16-11-20/h2-6,18,20-22H,7-17,24H2,1H3/t18?,22-/m0/s1. The normalized spacial score (nSPS) is 26.3. The van der Waals surface area contributed by atoms with Crippen molar-refractivity contribution in [2.75, 3.05) is 39.4 Å². The van der Waals surface area contributed by atoms with Gasteiger partial charge in [0.05, 0.1) is 6.04 Å². The average molecular weight is 401 g/mol. The molecular formula is C23H36N4O2. The maximum absolute atomic E-state index is 13.6. The number of nitrogens with two attached hydrogens (primary N) is 1. The largest absolute Gasteiger partial charge is 0.381 e. The van der Waals surface area contributed by atoms with Crippen LogP contribution in [-0.4, -0.2) is 78.2 Å². The first-order chi connectivity index (χ1) is 14.2. The summed E-state index contributed by atoms with van der Waals surface area (Å²) in [6.45, 7) is 7.44. The summed E-state index contributed by atoms with van der Waals surface area (Å²) in [5.74, 6) is 0. The van der Waals surface area contributed by atoms with E-state index in [0.29, 0.717) is 18.1 Å². The molecule has 0 aliphatic carbocycles. The van der Waals surface area contributed by atoms with Gasteiger partial charge in [0.15, 0.2) is 0 Å². The Kier molecular flexibility index (Phi) is 6.73. The summed E-state index contributed by atoms with van der Waals surface area (Å²) < 4.78 is 5.54. The van der Waals surface area contributed by atoms with E-state index in [-0.39, 0.29) is 12.1 Å². The van der Waals surface area contributed by atoms with E-state index in [2.05, 4.69) is 52.0 Å². The van der Waals surface area contributed by atoms with Crippen LogP contribution in [0.25, 0.3) is 0 Å². The maximum Gasteiger partial charge on any atom is 0.321 e. The summed E-state index contributed by atoms with van der Waals surface area (Å²) in [6.07, 6.45) is 5.04. The molecule has 2 amide bonds. The monoisotopic (exact) mass is 400 g/mol. The lowest BCUT2D eigenvalue weighted by atomic mass is 9.98. The predicted molar refractivity (Wildman–Crippen MR) is 115 cm³/mol. The second-order valence-corrected chi connectivity index (χ2v) is 8.81. The molecule has 3 saturated heterocycles. The van der Waals surface area contributed by atoms with E-state index < -0.39 is 0 Å². The Morgan fingerprint density at radius 3 is 2.41 bits per heavy atom. The second kappa shape index (κ2) is 9.45. The zero-order valence-corrected chi connectivity index (χ0v) is 17.7. The van der Waals surface area contributed by atoms with Crippen molar-refractivity contribution < 1.29 is 9.53 Å². The van der Waals surface area contributed by atoms with Crippen LogP contribution < -0.4 is 5.73 Å². The first kappa shape index (κ1) is 20.6. The Labute approximate surface area is 175 Å². The van der Waals surface area contributed by atoms with Crippen LogP contribution in [0.1, 0.15) is 50.6 Å². The van der Waals surface area contributed by atoms with Crippen LogP contribution in [0.15, 0.2) is 30.3 Å². The summed E-state index contributed by atoms with van der Waals surface area (Å²) in [4.78, 5) is 20.5. The van der Waals surface area contributed by atoms with Crippen LogP contribution in [0.3, 0.4) is 0 Å². The third kappa shape index (κ3) is 4.44. The molecule has 6 heteroatoms. The fourth-order valence-corrected chi connectivity index (χ4v) is 5.32. The molecule has 0 radical (unpaired) electrons. The highest BCUT2D eigenvalue weighted by Crippen LogP contribution is 2.37. The Morgan fingerprint density at radius 2 is 1.76 bits per heavy atom. The minimum absolute atomic E-state index is 0.157. The number of rotatable bonds is 6. The lowest BCUT2D eigenvalue weighted by Crippen LogP contribution is -2.50. The van der Waals surface area contributed by atoms with Crippen LogP contribution in [-0.2, 0) is 4.74 Å². The van der Waals surface area contributed by atoms with Gasteiger partial charge in [-0.25, -0.2) is 4.79 Å². The number of carbonyl (C=O) groups excluding carboxylic acids is 1. The molecule has 3 heterocycles. The molecule has 160 valence electrons. The topological polar surface area (TPSA) is 62.0 Å². The first-order valence-corrected chi connectivity index (χ1v) is 11.3. The summed E-state index contributed by atoms with van der Waals surface area (Å²) in [7, 11) is 0. The quantitative estimate of drug-likeness (QED) is 0.798. The number of piperidine rings is 1. The van der Waals surface area contributed by atoms with Crippen LogP contribution in [0.4, 0.5) is 4.79 Å². The van der Waals surface area contributed by atoms with Gasteiger partial charge in [-0.3, -0.25) is 0 Å². The Morgan fingerprint density at radius 1 is 1.07 bits per heavy atom. The van der Waals surface area contributed by atoms with Gasteiger partial charge in [-0.1, -0.05) is 30.3 Å². The second-order valence-electron chi connectivity index (χ2n) is 8.81. The lowest BCUT2D eigenvalue weighted by molar-refractivity contribution is 0.0490. The summed E-state index contributed by atoms with van der Waals surface area (Å²) in [5.41, 5.74) is 7.01. The van der Waals surface area contributed by atoms with E-state index in [0.717, 1.165) is 71.5 Å². The van der Waals surface area contributed by atoms with Gasteiger partial charge in [-0.15, -0.1) is 0 Å². The molecule has 6 nitrogen and oxygen atoms in total. The lowest BCUT2D eigenvalue weighted by Gasteiger charge is -2.41. The number of carbonyl (C=O) groups is 1. The molecule has 2 atom stereocenters. The van der Waals surface area contributed by atoms with Crippen molar-refractivity contribution in [2.24, 2.45) is 5.73 Å². The molecule has 1 aromatic carbocycles. The Balaban J connectivity index is 1.50. The number of hydrogen-bond acceptors (Lipinski definition) is 4. The molecule has 0 aromatic heterocycles. The number of ether oxygens (including phenoxy) is 1. The molecule has 0 saturated carbocycles. The van der Waals surface area contributed by atoms with E-state index >= 15 is 0 Å². The molecular weight excluding hydrogens is 364 g/mol. The number of nitrogens with zero attached hydrogens (tertiary/aromatic N) is 3. The van der Waals surface area contributed by atoms with Crippen LogP contribution >= 0.6 is 0 Å². The van der Waals surface area contributed by atoms with Crippen molar-refractivity contribution in [3.63, 3.8) is 0 Å². The molecule has 0 bridgehead atoms. The average Bonchev–Trinajstić information content (AvgIpc) is 3.12. The third-order valence-electron chi connectivity index (χ3n) is 7.09. The van der Waals surface area contributed by atoms with E-state index in [9.17, 15) is 4.79 Å². The van der Waals surface area contributed by atoms with E-state index in [1.54, 1.807) is 0 Å². The van der Waals surface area contributed by atoms with Crippen molar-refractivity contribution >= 4 is 6.03 Å². The number of amides is 2. The van der Waals surface area contributed by atoms with Crippen molar-refractivity contribution in [3.8, 4) is 0 Å². The highest BCUT2D eigenvalue weighted by Gasteiger charge is 2.45. The molecule has 29 heavy (non-hydrogen) atoms. The van der Waals surface area contributed by atoms with Crippen molar-refractivity contribution in [1.82, 2.24) is 14.7 Å². The fraction of sp³-hybridized carbons (Fsp3) is 0.696. The Hall–Kier alpha value is -1.63. The minimum Gasteiger partial charge on any atom is -0.381 e. The highest BCUT2D eigenvalue weighted by molar-refractivity contribution is 5.78. The molecule has 3 fully saturated rings. The van der Waals surface area contributed by atoms with Crippen LogP contribution in [0, 0.1) is 0 Å². The summed E-state index contributed by atoms with van der Waals surface area (Å²) in [5, 5.41) is 0. The molecule has 1 unspecified atom stereocenters.